The molecule has 0 radical (unpaired) electrons. The highest BCUT2D eigenvalue weighted by atomic mass is 14.8. The molecule has 0 aromatic heterocycles. The number of rotatable bonds is 6. The van der Waals surface area contributed by atoms with Gasteiger partial charge >= 0.3 is 0 Å². The van der Waals surface area contributed by atoms with E-state index in [0.717, 1.165) is 13.0 Å². The molecule has 1 N–H and O–H groups in total. The first-order valence-corrected chi connectivity index (χ1v) is 11.3. The van der Waals surface area contributed by atoms with Gasteiger partial charge in [0.1, 0.15) is 0 Å². The first-order valence-electron chi connectivity index (χ1n) is 11.3. The molecule has 160 valence electrons. The number of aryl methyl sites for hydroxylation is 1. The van der Waals surface area contributed by atoms with Crippen LogP contribution in [0.3, 0.4) is 0 Å². The molecule has 1 nitrogen and oxygen atoms in total. The summed E-state index contributed by atoms with van der Waals surface area (Å²) in [6.45, 7) is 11.7. The molecule has 3 aromatic rings. The third kappa shape index (κ3) is 8.00. The molecule has 0 spiro atoms. The fraction of sp³-hybridized carbons (Fsp3) is 0.310. The van der Waals surface area contributed by atoms with Crippen LogP contribution in [0.2, 0.25) is 0 Å². The van der Waals surface area contributed by atoms with Crippen LogP contribution in [0.4, 0.5) is 0 Å². The normalized spacial score (nSPS) is 10.4. The maximum atomic E-state index is 3.02. The van der Waals surface area contributed by atoms with Gasteiger partial charge in [0, 0.05) is 0 Å². The van der Waals surface area contributed by atoms with E-state index in [0.29, 0.717) is 0 Å². The van der Waals surface area contributed by atoms with E-state index < -0.39 is 0 Å². The number of hydrogen-bond acceptors (Lipinski definition) is 1. The van der Waals surface area contributed by atoms with E-state index in [1.54, 1.807) is 0 Å². The van der Waals surface area contributed by atoms with Gasteiger partial charge in [-0.05, 0) is 66.7 Å². The highest BCUT2D eigenvalue weighted by Gasteiger charge is 2.07. The second-order valence-corrected chi connectivity index (χ2v) is 6.89. The lowest BCUT2D eigenvalue weighted by Crippen LogP contribution is -2.04. The van der Waals surface area contributed by atoms with Gasteiger partial charge in [-0.15, -0.1) is 0 Å². The average molecular weight is 402 g/mol. The average Bonchev–Trinajstić information content (AvgIpc) is 2.81. The van der Waals surface area contributed by atoms with Gasteiger partial charge in [0.05, 0.1) is 0 Å². The summed E-state index contributed by atoms with van der Waals surface area (Å²) in [4.78, 5) is 0. The van der Waals surface area contributed by atoms with Crippen molar-refractivity contribution < 1.29 is 0 Å². The smallest absolute Gasteiger partial charge is 0.00546 e. The Morgan fingerprint density at radius 2 is 1.40 bits per heavy atom. The Kier molecular flexibility index (Phi) is 12.9. The van der Waals surface area contributed by atoms with E-state index in [9.17, 15) is 0 Å². The standard InChI is InChI=1S/C23H22.C4H11N.C2H6/c1-3-10-23(20-13-8-5-9-14-20)21-15-16-22(18(2)17-21)19-11-6-4-7-12-19;1-3-4-5-2;1-2/h4-17H,3H2,1-2H3;5H,3-4H2,1-2H3;1-2H3. The van der Waals surface area contributed by atoms with Crippen molar-refractivity contribution in [1.82, 2.24) is 5.32 Å². The van der Waals surface area contributed by atoms with E-state index in [4.69, 9.17) is 0 Å². The summed E-state index contributed by atoms with van der Waals surface area (Å²) in [6.07, 6.45) is 4.58. The highest BCUT2D eigenvalue weighted by molar-refractivity contribution is 5.81. The summed E-state index contributed by atoms with van der Waals surface area (Å²) in [5.41, 5.74) is 7.77. The van der Waals surface area contributed by atoms with E-state index in [1.165, 1.54) is 39.8 Å². The minimum atomic E-state index is 1.03. The Bertz CT molecular complexity index is 846. The Balaban J connectivity index is 0.000000565. The molecule has 0 unspecified atom stereocenters. The third-order valence-corrected chi connectivity index (χ3v) is 4.62. The zero-order valence-corrected chi connectivity index (χ0v) is 19.7. The Labute approximate surface area is 184 Å². The maximum Gasteiger partial charge on any atom is -0.00546 e. The van der Waals surface area contributed by atoms with Crippen molar-refractivity contribution in [2.45, 2.75) is 47.5 Å². The van der Waals surface area contributed by atoms with Crippen LogP contribution >= 0.6 is 0 Å². The predicted molar refractivity (Wildman–Crippen MR) is 136 cm³/mol. The van der Waals surface area contributed by atoms with E-state index in [1.807, 2.05) is 20.9 Å². The Morgan fingerprint density at radius 1 is 0.800 bits per heavy atom. The van der Waals surface area contributed by atoms with Gasteiger partial charge in [0.15, 0.2) is 0 Å². The molecule has 0 amide bonds. The van der Waals surface area contributed by atoms with Crippen LogP contribution in [-0.4, -0.2) is 13.6 Å². The van der Waals surface area contributed by atoms with E-state index in [2.05, 4.69) is 111 Å². The number of allylic oxidation sites excluding steroid dienone is 1. The monoisotopic (exact) mass is 401 g/mol. The maximum absolute atomic E-state index is 3.02. The van der Waals surface area contributed by atoms with Crippen LogP contribution in [0.25, 0.3) is 16.7 Å². The minimum Gasteiger partial charge on any atom is -0.320 e. The molecule has 0 atom stereocenters. The summed E-state index contributed by atoms with van der Waals surface area (Å²) in [7, 11) is 1.96. The zero-order valence-electron chi connectivity index (χ0n) is 19.7. The summed E-state index contributed by atoms with van der Waals surface area (Å²) < 4.78 is 0. The van der Waals surface area contributed by atoms with Crippen molar-refractivity contribution in [2.24, 2.45) is 0 Å². The number of hydrogen-bond donors (Lipinski definition) is 1. The lowest BCUT2D eigenvalue weighted by molar-refractivity contribution is 0.772. The van der Waals surface area contributed by atoms with Crippen LogP contribution in [0.5, 0.6) is 0 Å². The SMILES string of the molecule is CC.CCC=C(c1ccccc1)c1ccc(-c2ccccc2)c(C)c1.CCCNC. The number of nitrogens with one attached hydrogen (secondary N) is 1. The Hall–Kier alpha value is -2.64. The van der Waals surface area contributed by atoms with E-state index >= 15 is 0 Å². The van der Waals surface area contributed by atoms with Crippen LogP contribution in [0.15, 0.2) is 84.9 Å². The molecule has 0 fully saturated rings. The fourth-order valence-electron chi connectivity index (χ4n) is 3.25. The Morgan fingerprint density at radius 3 is 1.87 bits per heavy atom. The largest absolute Gasteiger partial charge is 0.320 e. The van der Waals surface area contributed by atoms with Gasteiger partial charge < -0.3 is 5.32 Å². The molecular formula is C29H39N. The molecule has 0 saturated heterocycles. The molecular weight excluding hydrogens is 362 g/mol. The van der Waals surface area contributed by atoms with Gasteiger partial charge in [0.2, 0.25) is 0 Å². The van der Waals surface area contributed by atoms with Gasteiger partial charge in [0.25, 0.3) is 0 Å². The van der Waals surface area contributed by atoms with Crippen molar-refractivity contribution in [3.8, 4) is 11.1 Å². The second-order valence-electron chi connectivity index (χ2n) is 6.89. The zero-order chi connectivity index (χ0) is 22.2. The minimum absolute atomic E-state index is 1.03. The highest BCUT2D eigenvalue weighted by Crippen LogP contribution is 2.29. The molecule has 3 rings (SSSR count). The molecule has 0 aliphatic rings. The molecule has 0 aliphatic carbocycles. The van der Waals surface area contributed by atoms with Gasteiger partial charge in [-0.2, -0.15) is 0 Å². The van der Waals surface area contributed by atoms with Crippen LogP contribution in [0, 0.1) is 6.92 Å². The van der Waals surface area contributed by atoms with Crippen molar-refractivity contribution in [3.63, 3.8) is 0 Å². The summed E-state index contributed by atoms with van der Waals surface area (Å²) >= 11 is 0. The lowest BCUT2D eigenvalue weighted by atomic mass is 9.92. The van der Waals surface area contributed by atoms with Gasteiger partial charge in [-0.3, -0.25) is 0 Å². The first kappa shape index (κ1) is 25.4. The van der Waals surface area contributed by atoms with Crippen LogP contribution < -0.4 is 5.32 Å². The van der Waals surface area contributed by atoms with Gasteiger partial charge in [-0.1, -0.05) is 113 Å². The lowest BCUT2D eigenvalue weighted by Gasteiger charge is -2.12. The molecule has 3 aromatic carbocycles. The third-order valence-electron chi connectivity index (χ3n) is 4.62. The summed E-state index contributed by atoms with van der Waals surface area (Å²) in [5.74, 6) is 0. The van der Waals surface area contributed by atoms with Crippen LogP contribution in [-0.2, 0) is 0 Å². The molecule has 30 heavy (non-hydrogen) atoms. The molecule has 0 bridgehead atoms. The first-order chi connectivity index (χ1) is 14.7. The predicted octanol–water partition coefficient (Wildman–Crippen LogP) is 8.15. The fourth-order valence-corrected chi connectivity index (χ4v) is 3.25. The van der Waals surface area contributed by atoms with Crippen molar-refractivity contribution in [2.75, 3.05) is 13.6 Å². The molecule has 1 heteroatoms. The van der Waals surface area contributed by atoms with E-state index in [-0.39, 0.29) is 0 Å². The number of benzene rings is 3. The van der Waals surface area contributed by atoms with Crippen molar-refractivity contribution in [1.29, 1.82) is 0 Å². The van der Waals surface area contributed by atoms with Crippen molar-refractivity contribution in [3.05, 3.63) is 102 Å². The van der Waals surface area contributed by atoms with Gasteiger partial charge in [-0.25, -0.2) is 0 Å². The molecule has 0 saturated carbocycles. The quantitative estimate of drug-likeness (QED) is 0.439. The topological polar surface area (TPSA) is 12.0 Å². The van der Waals surface area contributed by atoms with Crippen LogP contribution in [0.1, 0.15) is 57.2 Å². The van der Waals surface area contributed by atoms with Crippen molar-refractivity contribution >= 4 is 5.57 Å². The summed E-state index contributed by atoms with van der Waals surface area (Å²) in [5, 5.41) is 3.02. The molecule has 0 heterocycles. The molecule has 0 aliphatic heterocycles. The second kappa shape index (κ2) is 15.2. The summed E-state index contributed by atoms with van der Waals surface area (Å²) in [6, 6.07) is 28.0.